The summed E-state index contributed by atoms with van der Waals surface area (Å²) in [6.45, 7) is 21.8. The van der Waals surface area contributed by atoms with Crippen LogP contribution in [-0.4, -0.2) is 160 Å². The smallest absolute Gasteiger partial charge is 0.428 e. The first-order valence-corrected chi connectivity index (χ1v) is 42.2. The second-order valence-electron chi connectivity index (χ2n) is 28.3. The van der Waals surface area contributed by atoms with E-state index < -0.39 is 46.3 Å². The lowest BCUT2D eigenvalue weighted by Gasteiger charge is -2.27. The minimum absolute atomic E-state index is 0. The van der Waals surface area contributed by atoms with Gasteiger partial charge in [0.1, 0.15) is 11.2 Å². The predicted molar refractivity (Wildman–Crippen MR) is 464 cm³/mol. The van der Waals surface area contributed by atoms with Gasteiger partial charge in [-0.15, -0.1) is 0 Å². The van der Waals surface area contributed by atoms with Gasteiger partial charge in [-0.05, 0) is 205 Å². The quantitative estimate of drug-likeness (QED) is 0.0123. The van der Waals surface area contributed by atoms with Gasteiger partial charge in [-0.2, -0.15) is 21.6 Å². The fourth-order valence-corrected chi connectivity index (χ4v) is 13.7. The van der Waals surface area contributed by atoms with Crippen LogP contribution in [0.15, 0.2) is 184 Å². The average Bonchev–Trinajstić information content (AvgIpc) is 0.814. The Kier molecular flexibility index (Phi) is 49.1. The zero-order valence-corrected chi connectivity index (χ0v) is 74.0. The summed E-state index contributed by atoms with van der Waals surface area (Å²) in [7, 11) is -0.205. The number of carbonyl (C=O) groups is 2. The van der Waals surface area contributed by atoms with Gasteiger partial charge in [-0.3, -0.25) is 19.5 Å². The van der Waals surface area contributed by atoms with Crippen LogP contribution in [0.1, 0.15) is 183 Å². The fraction of sp³-hybridized carbons (Fsp3) is 0.460. The van der Waals surface area contributed by atoms with E-state index >= 15 is 0 Å². The fourth-order valence-electron chi connectivity index (χ4n) is 12.1. The van der Waals surface area contributed by atoms with Crippen molar-refractivity contribution in [3.63, 3.8) is 0 Å². The normalized spacial score (nSPS) is 15.5. The first-order chi connectivity index (χ1) is 55.2. The number of carbonyl (C=O) groups excluding carboxylic acids is 2. The Morgan fingerprint density at radius 1 is 0.538 bits per heavy atom. The second-order valence-corrected chi connectivity index (χ2v) is 32.3. The summed E-state index contributed by atoms with van der Waals surface area (Å²) in [6.07, 6.45) is 20.9. The molecule has 0 radical (unpaired) electrons. The molecule has 12 rings (SSSR count). The van der Waals surface area contributed by atoms with E-state index in [2.05, 4.69) is 184 Å². The number of nitrogens with one attached hydrogen (secondary N) is 2. The van der Waals surface area contributed by atoms with Crippen molar-refractivity contribution in [3.05, 3.63) is 234 Å². The Hall–Kier alpha value is -6.95. The molecular weight excluding hydrogens is 1730 g/mol. The monoisotopic (exact) mass is 1840 g/mol. The maximum absolute atomic E-state index is 11.0. The number of halogens is 6. The number of rotatable bonds is 17. The summed E-state index contributed by atoms with van der Waals surface area (Å²) >= 11 is 10.6. The van der Waals surface area contributed by atoms with E-state index in [9.17, 15) is 22.8 Å². The molecule has 3 aromatic heterocycles. The van der Waals surface area contributed by atoms with Gasteiger partial charge < -0.3 is 68.4 Å². The summed E-state index contributed by atoms with van der Waals surface area (Å²) in [5, 5.41) is 31.8. The van der Waals surface area contributed by atoms with Crippen molar-refractivity contribution in [3.8, 4) is 22.3 Å². The Morgan fingerprint density at radius 3 is 1.22 bits per heavy atom. The summed E-state index contributed by atoms with van der Waals surface area (Å²) in [5.74, 6) is 0. The van der Waals surface area contributed by atoms with Gasteiger partial charge in [-0.1, -0.05) is 192 Å². The van der Waals surface area contributed by atoms with Crippen molar-refractivity contribution in [2.75, 3.05) is 74.4 Å². The van der Waals surface area contributed by atoms with Crippen LogP contribution in [0.25, 0.3) is 22.3 Å². The van der Waals surface area contributed by atoms with E-state index in [1.165, 1.54) is 88.3 Å². The van der Waals surface area contributed by atoms with Crippen LogP contribution >= 0.6 is 47.8 Å². The van der Waals surface area contributed by atoms with E-state index in [1.54, 1.807) is 74.1 Å². The predicted octanol–water partition coefficient (Wildman–Crippen LogP) is 18.9. The molecule has 4 atom stereocenters. The number of aliphatic hydroxyl groups is 1. The molecule has 0 aliphatic carbocycles. The van der Waals surface area contributed by atoms with E-state index in [-0.39, 0.29) is 38.6 Å². The summed E-state index contributed by atoms with van der Waals surface area (Å²) < 4.78 is 108. The van der Waals surface area contributed by atoms with Crippen LogP contribution in [0.4, 0.5) is 22.8 Å². The third kappa shape index (κ3) is 38.1. The van der Waals surface area contributed by atoms with Gasteiger partial charge in [-0.25, -0.2) is 9.59 Å². The molecule has 0 spiro atoms. The topological polar surface area (TPSA) is 295 Å². The number of aliphatic hydroxyl groups excluding tert-OH is 1. The minimum Gasteiger partial charge on any atom is -0.428 e. The number of methoxy groups -OCH3 is 2. The first-order valence-electron chi connectivity index (χ1n) is 38.4. The molecular formula is C87H118BBr3F3N5O17S. The molecule has 0 bridgehead atoms. The molecule has 0 fully saturated rings. The molecule has 8 aromatic rings. The number of nitrogens with zero attached hydrogens (tertiary/aromatic N) is 3. The third-order valence-corrected chi connectivity index (χ3v) is 20.1. The zero-order valence-electron chi connectivity index (χ0n) is 68.5. The van der Waals surface area contributed by atoms with E-state index in [0.29, 0.717) is 11.6 Å². The summed E-state index contributed by atoms with van der Waals surface area (Å²) in [6, 6.07) is 45.2. The van der Waals surface area contributed by atoms with Crippen molar-refractivity contribution in [1.82, 2.24) is 25.6 Å². The highest BCUT2D eigenvalue weighted by Crippen LogP contribution is 2.39. The van der Waals surface area contributed by atoms with Crippen molar-refractivity contribution >= 4 is 82.8 Å². The number of hydrogen-bond acceptors (Lipinski definition) is 21. The number of likely N-dealkylation sites (N-methyl/N-ethyl adjacent to an activating group) is 2. The van der Waals surface area contributed by atoms with Crippen LogP contribution in [0.5, 0.6) is 0 Å². The lowest BCUT2D eigenvalue weighted by molar-refractivity contribution is -0.0978. The van der Waals surface area contributed by atoms with Crippen LogP contribution in [-0.2, 0) is 84.9 Å². The molecule has 5 aromatic carbocycles. The van der Waals surface area contributed by atoms with Crippen molar-refractivity contribution in [2.24, 2.45) is 0 Å². The van der Waals surface area contributed by atoms with Crippen molar-refractivity contribution < 1.29 is 93.5 Å². The molecule has 4 aliphatic rings. The highest BCUT2D eigenvalue weighted by Gasteiger charge is 2.44. The lowest BCUT2D eigenvalue weighted by Crippen LogP contribution is -2.29. The molecule has 3 unspecified atom stereocenters. The van der Waals surface area contributed by atoms with Crippen LogP contribution in [0.2, 0.25) is 0 Å². The highest BCUT2D eigenvalue weighted by atomic mass is 79.9. The second kappa shape index (κ2) is 55.1. The standard InChI is InChI=1S/2C17H19NO.C12H15BrO.C11H14BrNO.C10H18O5.C8H9BrO.C5H6BNO2.C5H13NO2.CHF3O3S.CH4/c2*1-2-5-17-16-8-3-7-14(15(16)9-11-19-17)13-6-4-10-18-12-13;1-2-4-12-10-5-3-6-11(13)9(10)7-8-14-12;1-13-7-11-9-3-2-4-10(12)8(9)5-6-14-11;1-9(2,3)14-7(11)13-8(12)15-10(4,5)6;9-8-4-2-1-3-7(8)5-6-10;8-6(9)5-2-1-3-7-4-5;1-6-4-5(7-2)8-3;2-1(3,4)8(5,6)7;/h2*3-4,6-8,10,12,17H,2,5,9,11H2,1H3;3,5-6,12H,2,4,7-8H2,1H3;2-4,11,13H,5-7H2,1H3;1-6H3;1-4,10H,5-6H2;1-4,8-9H;5-6H,4H2,1-3H3;(H,5,6,7);1H4/t17-;;;;;;;;;/m0........./s1. The molecule has 22 nitrogen and oxygen atoms in total. The SMILES string of the molecule is C.CC(C)(C)OC(=O)OC(=O)OC(C)(C)C.CCCC1OCCc2c(-c3cccnc3)cccc21.CCCC1OCCc2c(Br)cccc21.CCC[C@@H]1OCCc2c(-c3cccnc3)cccc21.CNCC(OC)OC.CNCC1OCCc2c(Br)cccc21.O=S(=O)(O)C(F)(F)F.OB(O)c1cccnc1.OCCc1ccccc1Br. The number of benzene rings is 5. The molecule has 4 aliphatic heterocycles. The number of hydrogen-bond donors (Lipinski definition) is 6. The van der Waals surface area contributed by atoms with Crippen LogP contribution < -0.4 is 16.1 Å². The number of alkyl halides is 3. The molecule has 0 saturated heterocycles. The Labute approximate surface area is 715 Å². The van der Waals surface area contributed by atoms with E-state index in [1.807, 2.05) is 75.3 Å². The lowest BCUT2D eigenvalue weighted by atomic mass is 9.82. The number of ether oxygens (including phenoxy) is 9. The van der Waals surface area contributed by atoms with E-state index in [0.717, 1.165) is 114 Å². The molecule has 117 heavy (non-hydrogen) atoms. The summed E-state index contributed by atoms with van der Waals surface area (Å²) in [5.41, 5.74) is 10.9. The molecule has 6 N–H and O–H groups in total. The zero-order chi connectivity index (χ0) is 85.9. The minimum atomic E-state index is -5.84. The Morgan fingerprint density at radius 2 is 0.906 bits per heavy atom. The van der Waals surface area contributed by atoms with Gasteiger partial charge in [0.05, 0.1) is 50.8 Å². The van der Waals surface area contributed by atoms with Gasteiger partial charge in [0, 0.05) is 101 Å². The number of aromatic nitrogens is 3. The Bertz CT molecular complexity index is 4060. The molecule has 0 amide bonds. The van der Waals surface area contributed by atoms with Crippen LogP contribution in [0.3, 0.4) is 0 Å². The number of fused-ring (bicyclic) bond motifs is 4. The van der Waals surface area contributed by atoms with Gasteiger partial charge in [0.25, 0.3) is 0 Å². The van der Waals surface area contributed by atoms with Crippen molar-refractivity contribution in [2.45, 2.75) is 188 Å². The first kappa shape index (κ1) is 104. The highest BCUT2D eigenvalue weighted by molar-refractivity contribution is 9.11. The maximum Gasteiger partial charge on any atom is 0.522 e. The van der Waals surface area contributed by atoms with Crippen molar-refractivity contribution in [1.29, 1.82) is 0 Å². The largest absolute Gasteiger partial charge is 0.522 e. The molecule has 7 heterocycles. The summed E-state index contributed by atoms with van der Waals surface area (Å²) in [4.78, 5) is 34.2. The van der Waals surface area contributed by atoms with Gasteiger partial charge >= 0.3 is 35.1 Å². The molecule has 30 heteroatoms. The van der Waals surface area contributed by atoms with E-state index in [4.69, 9.17) is 66.0 Å². The molecule has 0 saturated carbocycles. The number of pyridine rings is 3. The Balaban J connectivity index is 0.000000346. The van der Waals surface area contributed by atoms with Crippen LogP contribution in [0, 0.1) is 0 Å². The molecule has 644 valence electrons. The maximum atomic E-state index is 11.0. The average molecular weight is 1850 g/mol. The third-order valence-electron chi connectivity index (χ3n) is 17.3. The van der Waals surface area contributed by atoms with Gasteiger partial charge in [0.2, 0.25) is 0 Å². The van der Waals surface area contributed by atoms with Gasteiger partial charge in [0.15, 0.2) is 6.29 Å².